The van der Waals surface area contributed by atoms with E-state index in [1.165, 1.54) is 24.3 Å². The molecule has 0 spiro atoms. The molecule has 7 heteroatoms. The Hall–Kier alpha value is -2.96. The fourth-order valence-corrected chi connectivity index (χ4v) is 3.33. The van der Waals surface area contributed by atoms with Gasteiger partial charge in [-0.05, 0) is 23.3 Å². The monoisotopic (exact) mass is 411 g/mol. The highest BCUT2D eigenvalue weighted by atomic mass is 35.5. The van der Waals surface area contributed by atoms with Crippen LogP contribution >= 0.6 is 22.9 Å². The van der Waals surface area contributed by atoms with Crippen molar-refractivity contribution in [3.05, 3.63) is 76.1 Å². The summed E-state index contributed by atoms with van der Waals surface area (Å²) in [4.78, 5) is 27.5. The van der Waals surface area contributed by atoms with Gasteiger partial charge in [-0.3, -0.25) is 14.9 Å². The third-order valence-electron chi connectivity index (χ3n) is 3.84. The van der Waals surface area contributed by atoms with Gasteiger partial charge in [-0.15, -0.1) is 11.3 Å². The highest BCUT2D eigenvalue weighted by Crippen LogP contribution is 2.25. The van der Waals surface area contributed by atoms with Gasteiger partial charge in [0, 0.05) is 35.5 Å². The Kier molecular flexibility index (Phi) is 6.57. The summed E-state index contributed by atoms with van der Waals surface area (Å²) in [6, 6.07) is 15.1. The zero-order valence-electron chi connectivity index (χ0n) is 15.1. The number of thiazole rings is 1. The van der Waals surface area contributed by atoms with Gasteiger partial charge >= 0.3 is 0 Å². The van der Waals surface area contributed by atoms with E-state index in [0.29, 0.717) is 16.7 Å². The van der Waals surface area contributed by atoms with Crippen molar-refractivity contribution in [3.8, 4) is 11.3 Å². The number of carbonyl (C=O) groups is 2. The molecule has 0 saturated heterocycles. The summed E-state index contributed by atoms with van der Waals surface area (Å²) < 4.78 is 0. The Morgan fingerprint density at radius 1 is 1.14 bits per heavy atom. The minimum absolute atomic E-state index is 0.0625. The predicted octanol–water partition coefficient (Wildman–Crippen LogP) is 4.75. The first-order valence-electron chi connectivity index (χ1n) is 8.54. The van der Waals surface area contributed by atoms with Crippen LogP contribution in [0.2, 0.25) is 5.02 Å². The zero-order valence-corrected chi connectivity index (χ0v) is 16.7. The summed E-state index contributed by atoms with van der Waals surface area (Å²) in [7, 11) is 0. The minimum atomic E-state index is -0.272. The lowest BCUT2D eigenvalue weighted by atomic mass is 10.1. The molecule has 0 bridgehead atoms. The van der Waals surface area contributed by atoms with Gasteiger partial charge in [0.2, 0.25) is 11.8 Å². The van der Waals surface area contributed by atoms with Crippen LogP contribution in [0, 0.1) is 0 Å². The second-order valence-corrected chi connectivity index (χ2v) is 7.25. The molecule has 142 valence electrons. The fourth-order valence-electron chi connectivity index (χ4n) is 2.41. The molecule has 2 N–H and O–H groups in total. The number of anilines is 1. The fraction of sp³-hybridized carbons (Fsp3) is 0.0952. The van der Waals surface area contributed by atoms with Crippen LogP contribution in [0.4, 0.5) is 5.13 Å². The maximum absolute atomic E-state index is 12.1. The van der Waals surface area contributed by atoms with E-state index in [4.69, 9.17) is 11.6 Å². The molecule has 3 aromatic rings. The van der Waals surface area contributed by atoms with E-state index < -0.39 is 0 Å². The summed E-state index contributed by atoms with van der Waals surface area (Å²) in [6.45, 7) is 1.98. The van der Waals surface area contributed by atoms with Gasteiger partial charge in [0.05, 0.1) is 5.69 Å². The molecule has 0 radical (unpaired) electrons. The Labute approximate surface area is 172 Å². The molecule has 0 aliphatic heterocycles. The van der Waals surface area contributed by atoms with Gasteiger partial charge in [0.1, 0.15) is 0 Å². The Balaban J connectivity index is 1.61. The molecule has 1 heterocycles. The molecule has 0 atom stereocenters. The van der Waals surface area contributed by atoms with Gasteiger partial charge in [0.15, 0.2) is 5.13 Å². The third-order valence-corrected chi connectivity index (χ3v) is 4.95. The molecule has 0 fully saturated rings. The lowest BCUT2D eigenvalue weighted by Gasteiger charge is -2.03. The number of amides is 2. The highest BCUT2D eigenvalue weighted by molar-refractivity contribution is 7.14. The normalized spacial score (nSPS) is 10.8. The van der Waals surface area contributed by atoms with Crippen molar-refractivity contribution in [2.75, 3.05) is 5.32 Å². The van der Waals surface area contributed by atoms with Crippen LogP contribution in [0.1, 0.15) is 18.1 Å². The smallest absolute Gasteiger partial charge is 0.250 e. The summed E-state index contributed by atoms with van der Waals surface area (Å²) in [6.07, 6.45) is 3.10. The zero-order chi connectivity index (χ0) is 19.9. The van der Waals surface area contributed by atoms with Crippen LogP contribution in [0.5, 0.6) is 0 Å². The SMILES string of the molecule is CC(=O)NCc1ccc(-c2csc(NC(=O)/C=C/c3ccccc3Cl)n2)cc1. The van der Waals surface area contributed by atoms with Crippen molar-refractivity contribution in [1.29, 1.82) is 0 Å². The first kappa shape index (κ1) is 19.8. The van der Waals surface area contributed by atoms with Gasteiger partial charge < -0.3 is 5.32 Å². The van der Waals surface area contributed by atoms with E-state index in [1.807, 2.05) is 47.8 Å². The van der Waals surface area contributed by atoms with Gasteiger partial charge in [-0.25, -0.2) is 4.98 Å². The van der Waals surface area contributed by atoms with Crippen molar-refractivity contribution < 1.29 is 9.59 Å². The molecular formula is C21H18ClN3O2S. The van der Waals surface area contributed by atoms with Crippen molar-refractivity contribution in [2.45, 2.75) is 13.5 Å². The van der Waals surface area contributed by atoms with E-state index in [9.17, 15) is 9.59 Å². The average Bonchev–Trinajstić information content (AvgIpc) is 3.14. The van der Waals surface area contributed by atoms with E-state index in [2.05, 4.69) is 15.6 Å². The lowest BCUT2D eigenvalue weighted by Crippen LogP contribution is -2.18. The standard InChI is InChI=1S/C21H18ClN3O2S/c1-14(26)23-12-15-6-8-17(9-7-15)19-13-28-21(24-19)25-20(27)11-10-16-4-2-3-5-18(16)22/h2-11,13H,12H2,1H3,(H,23,26)(H,24,25,27)/b11-10+. The Morgan fingerprint density at radius 2 is 1.89 bits per heavy atom. The molecular weight excluding hydrogens is 394 g/mol. The number of hydrogen-bond donors (Lipinski definition) is 2. The molecule has 0 saturated carbocycles. The molecule has 0 aliphatic carbocycles. The second kappa shape index (κ2) is 9.30. The van der Waals surface area contributed by atoms with E-state index in [-0.39, 0.29) is 11.8 Å². The topological polar surface area (TPSA) is 71.1 Å². The molecule has 2 aromatic carbocycles. The number of aromatic nitrogens is 1. The van der Waals surface area contributed by atoms with Gasteiger partial charge in [-0.1, -0.05) is 54.1 Å². The highest BCUT2D eigenvalue weighted by Gasteiger charge is 2.07. The minimum Gasteiger partial charge on any atom is -0.352 e. The number of carbonyl (C=O) groups excluding carboxylic acids is 2. The first-order chi connectivity index (χ1) is 13.5. The summed E-state index contributed by atoms with van der Waals surface area (Å²) >= 11 is 7.43. The maximum atomic E-state index is 12.1. The number of halogens is 1. The summed E-state index contributed by atoms with van der Waals surface area (Å²) in [5.41, 5.74) is 3.50. The van der Waals surface area contributed by atoms with Crippen LogP contribution in [0.15, 0.2) is 60.0 Å². The predicted molar refractivity (Wildman–Crippen MR) is 114 cm³/mol. The van der Waals surface area contributed by atoms with Crippen molar-refractivity contribution in [1.82, 2.24) is 10.3 Å². The van der Waals surface area contributed by atoms with Crippen LogP contribution in [-0.4, -0.2) is 16.8 Å². The second-order valence-electron chi connectivity index (χ2n) is 5.99. The van der Waals surface area contributed by atoms with Crippen LogP contribution in [0.3, 0.4) is 0 Å². The molecule has 5 nitrogen and oxygen atoms in total. The van der Waals surface area contributed by atoms with E-state index in [0.717, 1.165) is 22.4 Å². The van der Waals surface area contributed by atoms with Crippen molar-refractivity contribution >= 4 is 46.0 Å². The van der Waals surface area contributed by atoms with Crippen molar-refractivity contribution in [3.63, 3.8) is 0 Å². The molecule has 2 amide bonds. The summed E-state index contributed by atoms with van der Waals surface area (Å²) in [5, 5.41) is 8.51. The third kappa shape index (κ3) is 5.52. The number of hydrogen-bond acceptors (Lipinski definition) is 4. The number of nitrogens with one attached hydrogen (secondary N) is 2. The number of nitrogens with zero attached hydrogens (tertiary/aromatic N) is 1. The molecule has 28 heavy (non-hydrogen) atoms. The number of rotatable bonds is 6. The van der Waals surface area contributed by atoms with Crippen LogP contribution < -0.4 is 10.6 Å². The van der Waals surface area contributed by atoms with Gasteiger partial charge in [-0.2, -0.15) is 0 Å². The largest absolute Gasteiger partial charge is 0.352 e. The Bertz CT molecular complexity index is 1010. The van der Waals surface area contributed by atoms with Gasteiger partial charge in [0.25, 0.3) is 0 Å². The number of benzene rings is 2. The Morgan fingerprint density at radius 3 is 2.61 bits per heavy atom. The maximum Gasteiger partial charge on any atom is 0.250 e. The molecule has 0 aliphatic rings. The molecule has 1 aromatic heterocycles. The van der Waals surface area contributed by atoms with Crippen LogP contribution in [0.25, 0.3) is 17.3 Å². The lowest BCUT2D eigenvalue weighted by molar-refractivity contribution is -0.119. The average molecular weight is 412 g/mol. The molecule has 3 rings (SSSR count). The van der Waals surface area contributed by atoms with E-state index in [1.54, 1.807) is 12.1 Å². The van der Waals surface area contributed by atoms with E-state index >= 15 is 0 Å². The summed E-state index contributed by atoms with van der Waals surface area (Å²) in [5.74, 6) is -0.334. The molecule has 0 unspecified atom stereocenters. The first-order valence-corrected chi connectivity index (χ1v) is 9.80. The van der Waals surface area contributed by atoms with Crippen LogP contribution in [-0.2, 0) is 16.1 Å². The van der Waals surface area contributed by atoms with Crippen molar-refractivity contribution in [2.24, 2.45) is 0 Å². The quantitative estimate of drug-likeness (QED) is 0.575.